The third kappa shape index (κ3) is 5.40. The summed E-state index contributed by atoms with van der Waals surface area (Å²) in [6.07, 6.45) is 2.37. The molecule has 0 saturated carbocycles. The largest absolute Gasteiger partial charge is 0.760 e. The van der Waals surface area contributed by atoms with E-state index in [1.807, 2.05) is 24.3 Å². The van der Waals surface area contributed by atoms with Gasteiger partial charge in [-0.1, -0.05) is 29.8 Å². The van der Waals surface area contributed by atoms with Crippen LogP contribution in [-0.4, -0.2) is 44.3 Å². The maximum absolute atomic E-state index is 13.0. The fourth-order valence-corrected chi connectivity index (χ4v) is 4.32. The van der Waals surface area contributed by atoms with Gasteiger partial charge in [0.1, 0.15) is 6.07 Å². The second kappa shape index (κ2) is 10.7. The smallest absolute Gasteiger partial charge is 0.231 e. The van der Waals surface area contributed by atoms with Gasteiger partial charge in [-0.2, -0.15) is 5.26 Å². The van der Waals surface area contributed by atoms with Gasteiger partial charge in [0.2, 0.25) is 11.9 Å². The first kappa shape index (κ1) is 23.8. The number of carbonyl (C=O) groups is 1. The molecule has 2 heterocycles. The predicted molar refractivity (Wildman–Crippen MR) is 129 cm³/mol. The first-order valence-corrected chi connectivity index (χ1v) is 11.9. The summed E-state index contributed by atoms with van der Waals surface area (Å²) < 4.78 is 23.4. The van der Waals surface area contributed by atoms with Crippen LogP contribution in [0.5, 0.6) is 0 Å². The van der Waals surface area contributed by atoms with Crippen molar-refractivity contribution >= 4 is 40.4 Å². The third-order valence-electron chi connectivity index (χ3n) is 5.36. The fourth-order valence-electron chi connectivity index (χ4n) is 3.84. The van der Waals surface area contributed by atoms with E-state index in [0.717, 1.165) is 16.7 Å². The van der Waals surface area contributed by atoms with E-state index in [4.69, 9.17) is 11.6 Å². The van der Waals surface area contributed by atoms with Crippen molar-refractivity contribution < 1.29 is 13.6 Å². The Morgan fingerprint density at radius 3 is 2.85 bits per heavy atom. The number of rotatable bonds is 8. The molecule has 3 aromatic rings. The molecule has 0 saturated heterocycles. The number of amides is 1. The maximum atomic E-state index is 13.0. The first-order valence-electron chi connectivity index (χ1n) is 10.5. The lowest BCUT2D eigenvalue weighted by Gasteiger charge is -2.19. The minimum Gasteiger partial charge on any atom is -0.760 e. The van der Waals surface area contributed by atoms with Crippen LogP contribution in [0.2, 0.25) is 5.02 Å². The molecular weight excluding hydrogens is 476 g/mol. The molecule has 0 radical (unpaired) electrons. The van der Waals surface area contributed by atoms with Crippen LogP contribution in [0, 0.1) is 11.3 Å². The highest BCUT2D eigenvalue weighted by molar-refractivity contribution is 7.77. The number of carbonyl (C=O) groups excluding carboxylic acids is 1. The van der Waals surface area contributed by atoms with Crippen molar-refractivity contribution in [1.82, 2.24) is 14.7 Å². The summed E-state index contributed by atoms with van der Waals surface area (Å²) >= 11 is 3.89. The maximum Gasteiger partial charge on any atom is 0.231 e. The third-order valence-corrected chi connectivity index (χ3v) is 6.17. The average molecular weight is 496 g/mol. The Morgan fingerprint density at radius 2 is 2.09 bits per heavy atom. The van der Waals surface area contributed by atoms with Crippen molar-refractivity contribution in [2.75, 3.05) is 29.9 Å². The van der Waals surface area contributed by atoms with Gasteiger partial charge >= 0.3 is 0 Å². The van der Waals surface area contributed by atoms with Crippen molar-refractivity contribution in [2.45, 2.75) is 12.8 Å². The molecule has 2 N–H and O–H groups in total. The molecule has 0 aliphatic carbocycles. The van der Waals surface area contributed by atoms with Crippen LogP contribution in [0.25, 0.3) is 11.3 Å². The Kier molecular flexibility index (Phi) is 7.49. The highest BCUT2D eigenvalue weighted by Crippen LogP contribution is 2.36. The molecule has 1 unspecified atom stereocenters. The van der Waals surface area contributed by atoms with Crippen molar-refractivity contribution in [3.05, 3.63) is 70.4 Å². The van der Waals surface area contributed by atoms with Crippen LogP contribution in [0.3, 0.4) is 0 Å². The van der Waals surface area contributed by atoms with Crippen molar-refractivity contribution in [2.24, 2.45) is 0 Å². The summed E-state index contributed by atoms with van der Waals surface area (Å²) in [5, 5.41) is 13.3. The highest BCUT2D eigenvalue weighted by Gasteiger charge is 2.29. The van der Waals surface area contributed by atoms with Gasteiger partial charge in [-0.15, -0.1) is 0 Å². The Morgan fingerprint density at radius 1 is 1.26 bits per heavy atom. The summed E-state index contributed by atoms with van der Waals surface area (Å²) in [6.45, 7) is 0.994. The van der Waals surface area contributed by atoms with Crippen molar-refractivity contribution in [3.63, 3.8) is 0 Å². The summed E-state index contributed by atoms with van der Waals surface area (Å²) in [5.41, 5.74) is 4.02. The molecule has 1 aliphatic heterocycles. The molecule has 1 aromatic heterocycles. The zero-order valence-corrected chi connectivity index (χ0v) is 19.5. The molecule has 1 aliphatic rings. The number of hydrogen-bond acceptors (Lipinski definition) is 7. The second-order valence-electron chi connectivity index (χ2n) is 7.53. The van der Waals surface area contributed by atoms with Crippen LogP contribution in [0.1, 0.15) is 16.7 Å². The molecule has 174 valence electrons. The molecule has 34 heavy (non-hydrogen) atoms. The molecule has 9 nitrogen and oxygen atoms in total. The van der Waals surface area contributed by atoms with Gasteiger partial charge in [-0.3, -0.25) is 9.00 Å². The molecule has 0 bridgehead atoms. The van der Waals surface area contributed by atoms with Crippen LogP contribution in [0.15, 0.2) is 48.7 Å². The van der Waals surface area contributed by atoms with Crippen LogP contribution < -0.4 is 14.9 Å². The number of anilines is 2. The van der Waals surface area contributed by atoms with Gasteiger partial charge in [-0.05, 0) is 41.8 Å². The molecule has 1 atom stereocenters. The summed E-state index contributed by atoms with van der Waals surface area (Å²) in [4.78, 5) is 23.3. The van der Waals surface area contributed by atoms with Crippen molar-refractivity contribution in [1.29, 1.82) is 5.26 Å². The zero-order valence-electron chi connectivity index (χ0n) is 18.0. The standard InChI is InChI=1S/C23H21ClN6O3S/c24-19-4-2-1-3-15(19)13-21(31)30-10-6-16-11-17(12-18(14-25)22(16)30)20-5-7-26-23(29-20)27-8-9-28-34(32)33/h1-5,7,11-12,28H,6,8-10,13H2,(H,32,33)(H,26,27,29)/p-1. The number of aromatic nitrogens is 2. The van der Waals surface area contributed by atoms with E-state index in [0.29, 0.717) is 47.4 Å². The quantitative estimate of drug-likeness (QED) is 0.362. The number of nitrogens with one attached hydrogen (secondary N) is 2. The van der Waals surface area contributed by atoms with E-state index in [1.165, 1.54) is 0 Å². The van der Waals surface area contributed by atoms with Gasteiger partial charge in [0.15, 0.2) is 0 Å². The van der Waals surface area contributed by atoms with Gasteiger partial charge in [0.05, 0.1) is 23.4 Å². The predicted octanol–water partition coefficient (Wildman–Crippen LogP) is 2.60. The monoisotopic (exact) mass is 495 g/mol. The summed E-state index contributed by atoms with van der Waals surface area (Å²) in [5.74, 6) is 0.226. The van der Waals surface area contributed by atoms with E-state index >= 15 is 0 Å². The number of fused-ring (bicyclic) bond motifs is 1. The lowest BCUT2D eigenvalue weighted by Crippen LogP contribution is -2.31. The Labute approximate surface area is 204 Å². The lowest BCUT2D eigenvalue weighted by atomic mass is 10.0. The summed E-state index contributed by atoms with van der Waals surface area (Å²) in [7, 11) is 0. The number of nitrogens with zero attached hydrogens (tertiary/aromatic N) is 4. The van der Waals surface area contributed by atoms with Gasteiger partial charge in [0, 0.05) is 47.7 Å². The molecule has 0 fully saturated rings. The van der Waals surface area contributed by atoms with E-state index < -0.39 is 11.3 Å². The molecule has 4 rings (SSSR count). The number of hydrogen-bond donors (Lipinski definition) is 2. The fraction of sp³-hybridized carbons (Fsp3) is 0.217. The SMILES string of the molecule is N#Cc1cc(-c2ccnc(NCCNS(=O)[O-])n2)cc2c1N(C(=O)Cc1ccccc1Cl)CC2. The Hall–Kier alpha value is -3.36. The van der Waals surface area contributed by atoms with E-state index in [-0.39, 0.29) is 18.9 Å². The minimum absolute atomic E-state index is 0.114. The molecule has 11 heteroatoms. The highest BCUT2D eigenvalue weighted by atomic mass is 35.5. The van der Waals surface area contributed by atoms with Crippen LogP contribution in [0.4, 0.5) is 11.6 Å². The molecule has 1 amide bonds. The van der Waals surface area contributed by atoms with E-state index in [1.54, 1.807) is 29.3 Å². The second-order valence-corrected chi connectivity index (χ2v) is 8.69. The van der Waals surface area contributed by atoms with Gasteiger partial charge in [-0.25, -0.2) is 14.7 Å². The van der Waals surface area contributed by atoms with Gasteiger partial charge in [0.25, 0.3) is 0 Å². The van der Waals surface area contributed by atoms with Crippen LogP contribution >= 0.6 is 11.6 Å². The van der Waals surface area contributed by atoms with Crippen molar-refractivity contribution in [3.8, 4) is 17.3 Å². The number of nitriles is 1. The number of halogens is 1. The average Bonchev–Trinajstić information content (AvgIpc) is 3.27. The summed E-state index contributed by atoms with van der Waals surface area (Å²) in [6, 6.07) is 14.8. The van der Waals surface area contributed by atoms with Crippen LogP contribution in [-0.2, 0) is 28.9 Å². The lowest BCUT2D eigenvalue weighted by molar-refractivity contribution is -0.117. The molecular formula is C23H20ClN6O3S-. The zero-order chi connectivity index (χ0) is 24.1. The first-order chi connectivity index (χ1) is 16.5. The topological polar surface area (TPSA) is 134 Å². The minimum atomic E-state index is -2.33. The molecule has 2 aromatic carbocycles. The molecule has 0 spiro atoms. The van der Waals surface area contributed by atoms with E-state index in [9.17, 15) is 18.8 Å². The Balaban J connectivity index is 1.56. The Bertz CT molecular complexity index is 1300. The van der Waals surface area contributed by atoms with E-state index in [2.05, 4.69) is 26.1 Å². The number of benzene rings is 2. The van der Waals surface area contributed by atoms with Gasteiger partial charge < -0.3 is 14.8 Å². The normalized spacial score (nSPS) is 13.3.